The molecular weight excluding hydrogens is 358 g/mol. The third-order valence-corrected chi connectivity index (χ3v) is 14.9. The summed E-state index contributed by atoms with van der Waals surface area (Å²) in [7, 11) is 0. The molecule has 1 unspecified atom stereocenters. The van der Waals surface area contributed by atoms with E-state index in [0.717, 1.165) is 0 Å². The second-order valence-electron chi connectivity index (χ2n) is 4.76. The molecule has 0 N–H and O–H groups in total. The number of hydrogen-bond donors (Lipinski definition) is 0. The van der Waals surface area contributed by atoms with Crippen LogP contribution in [0.5, 0.6) is 0 Å². The Bertz CT molecular complexity index is 588. The molecule has 0 amide bonds. The molecule has 0 aromatic heterocycles. The highest BCUT2D eigenvalue weighted by atomic mass is 79.9. The summed E-state index contributed by atoms with van der Waals surface area (Å²) in [4.78, 5) is 0. The Morgan fingerprint density at radius 1 is 0.524 bits per heavy atom. The van der Waals surface area contributed by atoms with Crippen LogP contribution in [0.2, 0.25) is 0 Å². The summed E-state index contributed by atoms with van der Waals surface area (Å²) in [5, 5.41) is 4.29. The maximum Gasteiger partial charge on any atom is 0.138 e. The molecule has 3 aromatic rings. The Kier molecular flexibility index (Phi) is 4.86. The van der Waals surface area contributed by atoms with Gasteiger partial charge in [-0.2, -0.15) is 0 Å². The molecule has 0 nitrogen and oxygen atoms in total. The Balaban J connectivity index is 2.29. The fraction of sp³-hybridized carbons (Fsp3) is 0. The minimum Gasteiger partial charge on any atom is -0.0620 e. The van der Waals surface area contributed by atoms with Gasteiger partial charge in [-0.1, -0.05) is 54.6 Å². The molecule has 21 heavy (non-hydrogen) atoms. The minimum absolute atomic E-state index is 0.675. The molecule has 0 spiro atoms. The number of benzene rings is 3. The van der Waals surface area contributed by atoms with E-state index in [1.807, 2.05) is 0 Å². The molecule has 0 heterocycles. The van der Waals surface area contributed by atoms with Gasteiger partial charge < -0.3 is 0 Å². The first kappa shape index (κ1) is 14.9. The van der Waals surface area contributed by atoms with Crippen LogP contribution in [-0.4, -0.2) is 0 Å². The van der Waals surface area contributed by atoms with Crippen LogP contribution in [0.3, 0.4) is 0 Å². The predicted octanol–water partition coefficient (Wildman–Crippen LogP) is 4.88. The van der Waals surface area contributed by atoms with E-state index < -0.39 is 6.95 Å². The van der Waals surface area contributed by atoms with Crippen LogP contribution in [0.4, 0.5) is 0 Å². The minimum atomic E-state index is -1.59. The standard InChI is InChI=1S/C18H16BrP2/c19-20-21(16-10-4-1-5-11-16,17-12-6-2-7-13-17)18-14-8-3-9-15-18/h1-15,20H/q+1. The average molecular weight is 374 g/mol. The molecule has 0 aliphatic carbocycles. The van der Waals surface area contributed by atoms with E-state index in [2.05, 4.69) is 106 Å². The van der Waals surface area contributed by atoms with Gasteiger partial charge in [0, 0.05) is 0 Å². The first-order valence-corrected chi connectivity index (χ1v) is 12.7. The van der Waals surface area contributed by atoms with Crippen molar-refractivity contribution < 1.29 is 0 Å². The largest absolute Gasteiger partial charge is 0.138 e. The number of halogens is 1. The van der Waals surface area contributed by atoms with Gasteiger partial charge in [0.1, 0.15) is 29.8 Å². The number of hydrogen-bond acceptors (Lipinski definition) is 0. The lowest BCUT2D eigenvalue weighted by Gasteiger charge is -2.24. The van der Waals surface area contributed by atoms with E-state index in [9.17, 15) is 0 Å². The van der Waals surface area contributed by atoms with Gasteiger partial charge in [-0.15, -0.1) is 0 Å². The van der Waals surface area contributed by atoms with Crippen LogP contribution < -0.4 is 15.9 Å². The van der Waals surface area contributed by atoms with Crippen molar-refractivity contribution in [2.45, 2.75) is 0 Å². The molecule has 0 saturated heterocycles. The van der Waals surface area contributed by atoms with E-state index in [-0.39, 0.29) is 0 Å². The van der Waals surface area contributed by atoms with E-state index in [1.54, 1.807) is 0 Å². The Morgan fingerprint density at radius 3 is 1.05 bits per heavy atom. The van der Waals surface area contributed by atoms with Crippen molar-refractivity contribution in [3.05, 3.63) is 91.0 Å². The second kappa shape index (κ2) is 6.84. The predicted molar refractivity (Wildman–Crippen MR) is 102 cm³/mol. The monoisotopic (exact) mass is 373 g/mol. The maximum atomic E-state index is 3.86. The molecule has 0 bridgehead atoms. The van der Waals surface area contributed by atoms with Gasteiger partial charge in [-0.25, -0.2) is 0 Å². The van der Waals surface area contributed by atoms with E-state index in [4.69, 9.17) is 0 Å². The smallest absolute Gasteiger partial charge is 0.0620 e. The summed E-state index contributed by atoms with van der Waals surface area (Å²) in [6.45, 7) is -0.915. The molecule has 3 aromatic carbocycles. The van der Waals surface area contributed by atoms with Gasteiger partial charge >= 0.3 is 0 Å². The van der Waals surface area contributed by atoms with Crippen molar-refractivity contribution in [3.8, 4) is 0 Å². The van der Waals surface area contributed by atoms with E-state index in [0.29, 0.717) is 6.97 Å². The second-order valence-corrected chi connectivity index (χ2v) is 13.5. The summed E-state index contributed by atoms with van der Waals surface area (Å²) in [5.74, 6) is 0. The Hall–Kier alpha value is -1.00. The summed E-state index contributed by atoms with van der Waals surface area (Å²) >= 11 is 3.86. The quantitative estimate of drug-likeness (QED) is 0.571. The topological polar surface area (TPSA) is 0 Å². The lowest BCUT2D eigenvalue weighted by molar-refractivity contribution is 1.73. The van der Waals surface area contributed by atoms with Crippen LogP contribution in [-0.2, 0) is 0 Å². The van der Waals surface area contributed by atoms with Gasteiger partial charge in [-0.05, 0) is 51.9 Å². The first-order valence-electron chi connectivity index (χ1n) is 6.82. The zero-order valence-corrected chi connectivity index (χ0v) is 15.0. The molecular formula is C18H16BrP2+. The van der Waals surface area contributed by atoms with Crippen molar-refractivity contribution in [1.82, 2.24) is 0 Å². The summed E-state index contributed by atoms with van der Waals surface area (Å²) < 4.78 is 0. The SMILES string of the molecule is BrP[P+](c1ccccc1)(c1ccccc1)c1ccccc1. The third-order valence-electron chi connectivity index (χ3n) is 3.56. The summed E-state index contributed by atoms with van der Waals surface area (Å²) in [5.41, 5.74) is 0. The molecule has 0 aliphatic rings. The maximum absolute atomic E-state index is 3.86. The van der Waals surface area contributed by atoms with E-state index >= 15 is 0 Å². The van der Waals surface area contributed by atoms with Crippen LogP contribution in [0.25, 0.3) is 0 Å². The summed E-state index contributed by atoms with van der Waals surface area (Å²) in [6, 6.07) is 32.7. The molecule has 104 valence electrons. The van der Waals surface area contributed by atoms with Crippen LogP contribution >= 0.6 is 29.4 Å². The highest BCUT2D eigenvalue weighted by molar-refractivity contribution is 9.43. The zero-order valence-electron chi connectivity index (χ0n) is 11.5. The first-order chi connectivity index (χ1) is 10.4. The Morgan fingerprint density at radius 2 is 0.810 bits per heavy atom. The van der Waals surface area contributed by atoms with Crippen molar-refractivity contribution in [1.29, 1.82) is 0 Å². The van der Waals surface area contributed by atoms with Gasteiger partial charge in [0.25, 0.3) is 0 Å². The van der Waals surface area contributed by atoms with Crippen molar-refractivity contribution >= 4 is 45.3 Å². The zero-order chi connectivity index (χ0) is 14.5. The van der Waals surface area contributed by atoms with Gasteiger partial charge in [0.15, 0.2) is 0 Å². The number of rotatable bonds is 4. The van der Waals surface area contributed by atoms with Gasteiger partial charge in [-0.3, -0.25) is 0 Å². The molecule has 1 atom stereocenters. The van der Waals surface area contributed by atoms with Crippen molar-refractivity contribution in [2.24, 2.45) is 0 Å². The van der Waals surface area contributed by atoms with Crippen molar-refractivity contribution in [3.63, 3.8) is 0 Å². The van der Waals surface area contributed by atoms with Crippen LogP contribution in [0.15, 0.2) is 91.0 Å². The Labute approximate surface area is 136 Å². The van der Waals surface area contributed by atoms with E-state index in [1.165, 1.54) is 15.9 Å². The normalized spacial score (nSPS) is 11.9. The fourth-order valence-electron chi connectivity index (χ4n) is 2.55. The molecule has 3 heteroatoms. The van der Waals surface area contributed by atoms with Crippen molar-refractivity contribution in [2.75, 3.05) is 0 Å². The lowest BCUT2D eigenvalue weighted by Crippen LogP contribution is -2.27. The summed E-state index contributed by atoms with van der Waals surface area (Å²) in [6.07, 6.45) is 0. The fourth-order valence-corrected chi connectivity index (χ4v) is 13.3. The highest BCUT2D eigenvalue weighted by Crippen LogP contribution is 2.73. The van der Waals surface area contributed by atoms with Crippen LogP contribution in [0, 0.1) is 0 Å². The molecule has 0 radical (unpaired) electrons. The van der Waals surface area contributed by atoms with Gasteiger partial charge in [0.05, 0.1) is 0 Å². The molecule has 0 fully saturated rings. The average Bonchev–Trinajstić information content (AvgIpc) is 2.59. The molecule has 0 saturated carbocycles. The third kappa shape index (κ3) is 2.84. The molecule has 3 rings (SSSR count). The van der Waals surface area contributed by atoms with Gasteiger partial charge in [0.2, 0.25) is 0 Å². The van der Waals surface area contributed by atoms with Crippen LogP contribution in [0.1, 0.15) is 0 Å². The lowest BCUT2D eigenvalue weighted by atomic mass is 10.4. The highest BCUT2D eigenvalue weighted by Gasteiger charge is 2.44. The molecule has 0 aliphatic heterocycles.